The molecule has 3 rings (SSSR count). The van der Waals surface area contributed by atoms with Gasteiger partial charge in [-0.25, -0.2) is 22.7 Å². The van der Waals surface area contributed by atoms with Crippen molar-refractivity contribution in [2.45, 2.75) is 63.3 Å². The first-order chi connectivity index (χ1) is 16.6. The molecule has 0 atom stereocenters. The van der Waals surface area contributed by atoms with Crippen LogP contribution in [0, 0.1) is 5.92 Å². The molecule has 35 heavy (non-hydrogen) atoms. The molecule has 1 aliphatic heterocycles. The fourth-order valence-electron chi connectivity index (χ4n) is 4.50. The molecule has 0 radical (unpaired) electrons. The van der Waals surface area contributed by atoms with Crippen LogP contribution >= 0.6 is 0 Å². The Morgan fingerprint density at radius 1 is 1.11 bits per heavy atom. The number of aliphatic hydroxyl groups excluding tert-OH is 1. The number of hydrogen-bond donors (Lipinski definition) is 4. The minimum atomic E-state index is -4.03. The number of nitrogens with one attached hydrogen (secondary N) is 3. The van der Waals surface area contributed by atoms with E-state index in [0.29, 0.717) is 37.8 Å². The second-order valence-corrected chi connectivity index (χ2v) is 10.8. The molecule has 0 bridgehead atoms. The number of rotatable bonds is 8. The lowest BCUT2D eigenvalue weighted by Crippen LogP contribution is -2.45. The largest absolute Gasteiger partial charge is 0.396 e. The summed E-state index contributed by atoms with van der Waals surface area (Å²) in [7, 11) is -4.03. The van der Waals surface area contributed by atoms with E-state index >= 15 is 0 Å². The van der Waals surface area contributed by atoms with E-state index in [0.717, 1.165) is 24.0 Å². The van der Waals surface area contributed by atoms with Crippen molar-refractivity contribution in [3.8, 4) is 0 Å². The maximum Gasteiger partial charge on any atom is 0.328 e. The predicted molar refractivity (Wildman–Crippen MR) is 130 cm³/mol. The smallest absolute Gasteiger partial charge is 0.328 e. The summed E-state index contributed by atoms with van der Waals surface area (Å²) < 4.78 is 27.1. The lowest BCUT2D eigenvalue weighted by Gasteiger charge is -2.27. The summed E-state index contributed by atoms with van der Waals surface area (Å²) in [5.41, 5.74) is 2.37. The van der Waals surface area contributed by atoms with Gasteiger partial charge in [-0.2, -0.15) is 0 Å². The molecule has 0 spiro atoms. The maximum atomic E-state index is 12.5. The van der Waals surface area contributed by atoms with Crippen molar-refractivity contribution < 1.29 is 27.9 Å². The molecule has 192 valence electrons. The van der Waals surface area contributed by atoms with E-state index in [1.54, 1.807) is 12.1 Å². The van der Waals surface area contributed by atoms with Crippen molar-refractivity contribution in [3.63, 3.8) is 0 Å². The van der Waals surface area contributed by atoms with Gasteiger partial charge in [0.15, 0.2) is 0 Å². The van der Waals surface area contributed by atoms with E-state index in [4.69, 9.17) is 0 Å². The van der Waals surface area contributed by atoms with Crippen LogP contribution in [0.5, 0.6) is 0 Å². The molecule has 5 amide bonds. The first-order valence-corrected chi connectivity index (χ1v) is 13.4. The first-order valence-electron chi connectivity index (χ1n) is 12.0. The molecule has 1 heterocycles. The SMILES string of the molecule is CCC1=C(C)CN(C(=O)NCCc2ccc(S(=O)(=O)NC(=O)NC3CCC(CO)CC3)cc2)C1=O. The molecule has 11 heteroatoms. The Balaban J connectivity index is 1.45. The van der Waals surface area contributed by atoms with Crippen LogP contribution < -0.4 is 15.4 Å². The van der Waals surface area contributed by atoms with E-state index in [1.165, 1.54) is 17.0 Å². The molecule has 1 saturated carbocycles. The monoisotopic (exact) mass is 506 g/mol. The summed E-state index contributed by atoms with van der Waals surface area (Å²) in [5, 5.41) is 14.6. The third kappa shape index (κ3) is 6.82. The number of imide groups is 1. The Morgan fingerprint density at radius 2 is 1.77 bits per heavy atom. The van der Waals surface area contributed by atoms with Gasteiger partial charge in [-0.05, 0) is 74.6 Å². The average molecular weight is 507 g/mol. The van der Waals surface area contributed by atoms with Crippen LogP contribution in [0.25, 0.3) is 0 Å². The Kier molecular flexibility index (Phi) is 8.90. The van der Waals surface area contributed by atoms with Gasteiger partial charge in [-0.15, -0.1) is 0 Å². The summed E-state index contributed by atoms with van der Waals surface area (Å²) >= 11 is 0. The molecule has 0 saturated heterocycles. The summed E-state index contributed by atoms with van der Waals surface area (Å²) in [6.07, 6.45) is 4.02. The number of nitrogens with zero attached hydrogens (tertiary/aromatic N) is 1. The highest BCUT2D eigenvalue weighted by molar-refractivity contribution is 7.90. The summed E-state index contributed by atoms with van der Waals surface area (Å²) in [6, 6.07) is 4.73. The predicted octanol–water partition coefficient (Wildman–Crippen LogP) is 2.05. The lowest BCUT2D eigenvalue weighted by molar-refractivity contribution is -0.123. The molecule has 1 aliphatic carbocycles. The number of carbonyl (C=O) groups excluding carboxylic acids is 3. The zero-order chi connectivity index (χ0) is 25.6. The molecule has 0 unspecified atom stereocenters. The minimum Gasteiger partial charge on any atom is -0.396 e. The van der Waals surface area contributed by atoms with Crippen LogP contribution in [0.2, 0.25) is 0 Å². The van der Waals surface area contributed by atoms with Gasteiger partial charge < -0.3 is 15.7 Å². The zero-order valence-corrected chi connectivity index (χ0v) is 21.0. The third-order valence-corrected chi connectivity index (χ3v) is 7.95. The fraction of sp³-hybridized carbons (Fsp3) is 0.542. The van der Waals surface area contributed by atoms with E-state index in [2.05, 4.69) is 10.6 Å². The topological polar surface area (TPSA) is 145 Å². The minimum absolute atomic E-state index is 0.0410. The van der Waals surface area contributed by atoms with Gasteiger partial charge in [0, 0.05) is 24.8 Å². The van der Waals surface area contributed by atoms with Gasteiger partial charge in [-0.1, -0.05) is 19.1 Å². The van der Waals surface area contributed by atoms with E-state index in [-0.39, 0.29) is 35.9 Å². The molecule has 4 N–H and O–H groups in total. The third-order valence-electron chi connectivity index (χ3n) is 6.60. The lowest BCUT2D eigenvalue weighted by atomic mass is 9.87. The van der Waals surface area contributed by atoms with Crippen LogP contribution in [-0.2, 0) is 21.2 Å². The van der Waals surface area contributed by atoms with Crippen LogP contribution in [0.1, 0.15) is 51.5 Å². The van der Waals surface area contributed by atoms with Gasteiger partial charge in [0.05, 0.1) is 11.4 Å². The van der Waals surface area contributed by atoms with Gasteiger partial charge >= 0.3 is 12.1 Å². The number of aliphatic hydroxyl groups is 1. The molecular formula is C24H34N4O6S. The maximum absolute atomic E-state index is 12.5. The number of hydrogen-bond acceptors (Lipinski definition) is 6. The summed E-state index contributed by atoms with van der Waals surface area (Å²) in [6.45, 7) is 4.44. The standard InChI is InChI=1S/C24H34N4O6S/c1-3-21-16(2)14-28(22(21)30)24(32)25-13-12-17-6-10-20(11-7-17)35(33,34)27-23(31)26-19-8-4-18(15-29)5-9-19/h6-7,10-11,18-19,29H,3-5,8-9,12-15H2,1-2H3,(H,25,32)(H2,26,27,31). The number of sulfonamides is 1. The number of benzene rings is 1. The van der Waals surface area contributed by atoms with Gasteiger partial charge in [0.2, 0.25) is 0 Å². The highest BCUT2D eigenvalue weighted by atomic mass is 32.2. The number of urea groups is 2. The molecule has 1 aromatic carbocycles. The highest BCUT2D eigenvalue weighted by Crippen LogP contribution is 2.24. The normalized spacial score (nSPS) is 20.7. The van der Waals surface area contributed by atoms with E-state index in [1.807, 2.05) is 18.6 Å². The second kappa shape index (κ2) is 11.7. The molecule has 10 nitrogen and oxygen atoms in total. The fourth-order valence-corrected chi connectivity index (χ4v) is 5.41. The summed E-state index contributed by atoms with van der Waals surface area (Å²) in [4.78, 5) is 38.0. The van der Waals surface area contributed by atoms with E-state index in [9.17, 15) is 27.9 Å². The second-order valence-electron chi connectivity index (χ2n) is 9.11. The molecule has 1 fully saturated rings. The Hall–Kier alpha value is -2.92. The van der Waals surface area contributed by atoms with E-state index < -0.39 is 22.1 Å². The summed E-state index contributed by atoms with van der Waals surface area (Å²) in [5.74, 6) is -0.0176. The van der Waals surface area contributed by atoms with Crippen molar-refractivity contribution in [2.75, 3.05) is 19.7 Å². The first kappa shape index (κ1) is 26.7. The quantitative estimate of drug-likeness (QED) is 0.425. The average Bonchev–Trinajstić information content (AvgIpc) is 3.12. The van der Waals surface area contributed by atoms with Crippen molar-refractivity contribution in [2.24, 2.45) is 5.92 Å². The van der Waals surface area contributed by atoms with Crippen molar-refractivity contribution in [3.05, 3.63) is 41.0 Å². The Bertz CT molecular complexity index is 1080. The van der Waals surface area contributed by atoms with Crippen LogP contribution in [0.4, 0.5) is 9.59 Å². The molecule has 1 aromatic rings. The number of amides is 5. The molecule has 2 aliphatic rings. The van der Waals surface area contributed by atoms with Gasteiger partial charge in [-0.3, -0.25) is 9.69 Å². The highest BCUT2D eigenvalue weighted by Gasteiger charge is 2.31. The van der Waals surface area contributed by atoms with Crippen LogP contribution in [0.3, 0.4) is 0 Å². The van der Waals surface area contributed by atoms with Crippen molar-refractivity contribution >= 4 is 28.0 Å². The van der Waals surface area contributed by atoms with Gasteiger partial charge in [0.25, 0.3) is 15.9 Å². The molecular weight excluding hydrogens is 472 g/mol. The zero-order valence-electron chi connectivity index (χ0n) is 20.2. The Labute approximate surface area is 206 Å². The number of carbonyl (C=O) groups is 3. The van der Waals surface area contributed by atoms with Crippen molar-refractivity contribution in [1.29, 1.82) is 0 Å². The Morgan fingerprint density at radius 3 is 2.34 bits per heavy atom. The van der Waals surface area contributed by atoms with Crippen molar-refractivity contribution in [1.82, 2.24) is 20.3 Å². The van der Waals surface area contributed by atoms with Crippen LogP contribution in [-0.4, -0.2) is 62.1 Å². The van der Waals surface area contributed by atoms with Gasteiger partial charge in [0.1, 0.15) is 0 Å². The molecule has 0 aromatic heterocycles. The van der Waals surface area contributed by atoms with Crippen LogP contribution in [0.15, 0.2) is 40.3 Å².